The van der Waals surface area contributed by atoms with Crippen molar-refractivity contribution in [3.63, 3.8) is 0 Å². The molecule has 3 heterocycles. The van der Waals surface area contributed by atoms with E-state index in [1.165, 1.54) is 12.5 Å². The maximum absolute atomic E-state index is 12.6. The second-order valence-corrected chi connectivity index (χ2v) is 5.96. The third-order valence-electron chi connectivity index (χ3n) is 4.75. The van der Waals surface area contributed by atoms with Gasteiger partial charge in [-0.05, 0) is 25.8 Å². The van der Waals surface area contributed by atoms with Crippen molar-refractivity contribution in [2.45, 2.75) is 31.7 Å². The van der Waals surface area contributed by atoms with Crippen molar-refractivity contribution in [1.82, 2.24) is 9.80 Å². The molecule has 0 unspecified atom stereocenters. The van der Waals surface area contributed by atoms with E-state index in [2.05, 4.69) is 0 Å². The second-order valence-electron chi connectivity index (χ2n) is 5.96. The molecule has 1 aromatic rings. The smallest absolute Gasteiger partial charge is 0.257 e. The number of furan rings is 1. The topological polar surface area (TPSA) is 63.0 Å². The van der Waals surface area contributed by atoms with Crippen molar-refractivity contribution in [2.75, 3.05) is 32.8 Å². The summed E-state index contributed by atoms with van der Waals surface area (Å²) in [5.41, 5.74) is 0.250. The molecule has 1 aromatic heterocycles. The van der Waals surface area contributed by atoms with Crippen molar-refractivity contribution in [3.05, 3.63) is 24.2 Å². The summed E-state index contributed by atoms with van der Waals surface area (Å²) in [5, 5.41) is 0. The van der Waals surface area contributed by atoms with Gasteiger partial charge in [0.25, 0.3) is 5.91 Å². The van der Waals surface area contributed by atoms with E-state index in [4.69, 9.17) is 9.15 Å². The predicted molar refractivity (Wildman–Crippen MR) is 79.4 cm³/mol. The molecule has 3 rings (SSSR count). The Morgan fingerprint density at radius 2 is 2.14 bits per heavy atom. The number of hydrogen-bond donors (Lipinski definition) is 0. The summed E-state index contributed by atoms with van der Waals surface area (Å²) in [5.74, 6) is 0.0669. The SMILES string of the molecule is CCN1C(=O)CCN(C(=O)c2ccoc2)CC12CCOCC2. The first kappa shape index (κ1) is 15.1. The minimum Gasteiger partial charge on any atom is -0.472 e. The molecule has 0 radical (unpaired) electrons. The maximum Gasteiger partial charge on any atom is 0.257 e. The van der Waals surface area contributed by atoms with Crippen molar-refractivity contribution in [1.29, 1.82) is 0 Å². The van der Waals surface area contributed by atoms with Crippen molar-refractivity contribution < 1.29 is 18.7 Å². The number of likely N-dealkylation sites (N-methyl/N-ethyl adjacent to an activating group) is 1. The minimum atomic E-state index is -0.292. The van der Waals surface area contributed by atoms with E-state index in [1.54, 1.807) is 11.0 Å². The van der Waals surface area contributed by atoms with E-state index in [-0.39, 0.29) is 17.4 Å². The van der Waals surface area contributed by atoms with Crippen LogP contribution < -0.4 is 0 Å². The zero-order valence-electron chi connectivity index (χ0n) is 12.9. The number of hydrogen-bond acceptors (Lipinski definition) is 4. The summed E-state index contributed by atoms with van der Waals surface area (Å²) in [6.45, 7) is 4.98. The van der Waals surface area contributed by atoms with Gasteiger partial charge < -0.3 is 19.0 Å². The van der Waals surface area contributed by atoms with E-state index >= 15 is 0 Å². The molecular formula is C16H22N2O4. The Kier molecular flexibility index (Phi) is 4.20. The average molecular weight is 306 g/mol. The number of carbonyl (C=O) groups is 2. The Balaban J connectivity index is 1.88. The predicted octanol–water partition coefficient (Wildman–Crippen LogP) is 1.52. The molecule has 0 atom stereocenters. The summed E-state index contributed by atoms with van der Waals surface area (Å²) in [4.78, 5) is 28.9. The van der Waals surface area contributed by atoms with E-state index in [0.29, 0.717) is 44.8 Å². The molecule has 6 nitrogen and oxygen atoms in total. The number of rotatable bonds is 2. The van der Waals surface area contributed by atoms with E-state index < -0.39 is 0 Å². The lowest BCUT2D eigenvalue weighted by atomic mass is 9.87. The van der Waals surface area contributed by atoms with Crippen LogP contribution in [0.2, 0.25) is 0 Å². The summed E-state index contributed by atoms with van der Waals surface area (Å²) in [7, 11) is 0. The van der Waals surface area contributed by atoms with E-state index in [9.17, 15) is 9.59 Å². The standard InChI is InChI=1S/C16H22N2O4/c1-2-18-14(19)3-7-17(15(20)13-4-8-22-11-13)12-16(18)5-9-21-10-6-16/h4,8,11H,2-3,5-7,9-10,12H2,1H3. The summed E-state index contributed by atoms with van der Waals surface area (Å²) >= 11 is 0. The Labute approximate surface area is 130 Å². The molecule has 2 fully saturated rings. The van der Waals surface area contributed by atoms with Gasteiger partial charge in [-0.3, -0.25) is 9.59 Å². The highest BCUT2D eigenvalue weighted by molar-refractivity contribution is 5.94. The largest absolute Gasteiger partial charge is 0.472 e. The monoisotopic (exact) mass is 306 g/mol. The Morgan fingerprint density at radius 3 is 2.77 bits per heavy atom. The Hall–Kier alpha value is -1.82. The molecule has 22 heavy (non-hydrogen) atoms. The molecule has 0 aromatic carbocycles. The first-order valence-corrected chi connectivity index (χ1v) is 7.86. The highest BCUT2D eigenvalue weighted by Crippen LogP contribution is 2.32. The lowest BCUT2D eigenvalue weighted by Crippen LogP contribution is -2.58. The second kappa shape index (κ2) is 6.12. The van der Waals surface area contributed by atoms with Crippen LogP contribution in [0.4, 0.5) is 0 Å². The van der Waals surface area contributed by atoms with Gasteiger partial charge >= 0.3 is 0 Å². The van der Waals surface area contributed by atoms with Crippen LogP contribution in [0.15, 0.2) is 23.0 Å². The number of nitrogens with zero attached hydrogens (tertiary/aromatic N) is 2. The summed E-state index contributed by atoms with van der Waals surface area (Å²) in [6.07, 6.45) is 4.89. The van der Waals surface area contributed by atoms with Crippen LogP contribution in [-0.4, -0.2) is 60.0 Å². The normalized spacial score (nSPS) is 22.0. The molecule has 0 aliphatic carbocycles. The van der Waals surface area contributed by atoms with Crippen LogP contribution in [0.1, 0.15) is 36.5 Å². The number of amides is 2. The van der Waals surface area contributed by atoms with Gasteiger partial charge in [-0.1, -0.05) is 0 Å². The molecule has 6 heteroatoms. The number of ether oxygens (including phenoxy) is 1. The van der Waals surface area contributed by atoms with Gasteiger partial charge in [-0.2, -0.15) is 0 Å². The van der Waals surface area contributed by atoms with Gasteiger partial charge in [-0.15, -0.1) is 0 Å². The molecule has 0 bridgehead atoms. The zero-order valence-corrected chi connectivity index (χ0v) is 12.9. The van der Waals surface area contributed by atoms with Gasteiger partial charge in [0, 0.05) is 39.3 Å². The Morgan fingerprint density at radius 1 is 1.36 bits per heavy atom. The van der Waals surface area contributed by atoms with Gasteiger partial charge in [0.05, 0.1) is 17.4 Å². The van der Waals surface area contributed by atoms with Gasteiger partial charge in [-0.25, -0.2) is 0 Å². The van der Waals surface area contributed by atoms with Crippen molar-refractivity contribution >= 4 is 11.8 Å². The highest BCUT2D eigenvalue weighted by atomic mass is 16.5. The van der Waals surface area contributed by atoms with Gasteiger partial charge in [0.15, 0.2) is 0 Å². The molecule has 2 aliphatic rings. The molecule has 120 valence electrons. The molecule has 0 saturated carbocycles. The maximum atomic E-state index is 12.6. The first-order valence-electron chi connectivity index (χ1n) is 7.86. The fraction of sp³-hybridized carbons (Fsp3) is 0.625. The summed E-state index contributed by atoms with van der Waals surface area (Å²) < 4.78 is 10.5. The molecule has 2 amide bonds. The van der Waals surface area contributed by atoms with Crippen molar-refractivity contribution in [2.24, 2.45) is 0 Å². The average Bonchev–Trinajstić information content (AvgIpc) is 3.02. The molecule has 2 saturated heterocycles. The zero-order chi connectivity index (χ0) is 15.6. The molecule has 0 N–H and O–H groups in total. The van der Waals surface area contributed by atoms with Crippen LogP contribution in [0.5, 0.6) is 0 Å². The fourth-order valence-electron chi connectivity index (χ4n) is 3.58. The van der Waals surface area contributed by atoms with Crippen LogP contribution >= 0.6 is 0 Å². The lowest BCUT2D eigenvalue weighted by molar-refractivity contribution is -0.139. The van der Waals surface area contributed by atoms with Crippen molar-refractivity contribution in [3.8, 4) is 0 Å². The third-order valence-corrected chi connectivity index (χ3v) is 4.75. The van der Waals surface area contributed by atoms with Gasteiger partial charge in [0.1, 0.15) is 6.26 Å². The molecule has 1 spiro atoms. The van der Waals surface area contributed by atoms with Crippen LogP contribution in [0.3, 0.4) is 0 Å². The van der Waals surface area contributed by atoms with E-state index in [1.807, 2.05) is 11.8 Å². The third kappa shape index (κ3) is 2.63. The summed E-state index contributed by atoms with van der Waals surface area (Å²) in [6, 6.07) is 1.67. The fourth-order valence-corrected chi connectivity index (χ4v) is 3.58. The number of carbonyl (C=O) groups excluding carboxylic acids is 2. The molecular weight excluding hydrogens is 284 g/mol. The van der Waals surface area contributed by atoms with Crippen LogP contribution in [-0.2, 0) is 9.53 Å². The molecule has 2 aliphatic heterocycles. The highest BCUT2D eigenvalue weighted by Gasteiger charge is 2.44. The lowest BCUT2D eigenvalue weighted by Gasteiger charge is -2.46. The first-order chi connectivity index (χ1) is 10.7. The quantitative estimate of drug-likeness (QED) is 0.831. The van der Waals surface area contributed by atoms with Crippen LogP contribution in [0, 0.1) is 0 Å². The minimum absolute atomic E-state index is 0.0645. The van der Waals surface area contributed by atoms with Crippen LogP contribution in [0.25, 0.3) is 0 Å². The van der Waals surface area contributed by atoms with E-state index in [0.717, 1.165) is 12.8 Å². The Bertz CT molecular complexity index is 534. The van der Waals surface area contributed by atoms with Gasteiger partial charge in [0.2, 0.25) is 5.91 Å².